The highest BCUT2D eigenvalue weighted by molar-refractivity contribution is 5.60. The Balaban J connectivity index is 1.53. The molecule has 2 aromatic heterocycles. The quantitative estimate of drug-likeness (QED) is 0.335. The molecule has 0 aliphatic heterocycles. The number of aromatic nitrogens is 3. The van der Waals surface area contributed by atoms with Crippen LogP contribution in [-0.4, -0.2) is 27.7 Å². The van der Waals surface area contributed by atoms with Gasteiger partial charge in [-0.25, -0.2) is 0 Å². The van der Waals surface area contributed by atoms with Crippen molar-refractivity contribution in [2.24, 2.45) is 0 Å². The Morgan fingerprint density at radius 1 is 1.03 bits per heavy atom. The molecule has 2 aromatic carbocycles. The zero-order valence-corrected chi connectivity index (χ0v) is 17.7. The SMILES string of the molecule is C=CCOc1cccc(Cn2cc(-c3nc(-c4ccc(OC(F)(F)F)cc4)no3)ccc2=O)c1. The van der Waals surface area contributed by atoms with Crippen LogP contribution in [0.5, 0.6) is 11.5 Å². The maximum Gasteiger partial charge on any atom is 0.573 e. The van der Waals surface area contributed by atoms with Crippen LogP contribution < -0.4 is 15.0 Å². The molecule has 0 saturated carbocycles. The van der Waals surface area contributed by atoms with Crippen molar-refractivity contribution in [2.45, 2.75) is 12.9 Å². The highest BCUT2D eigenvalue weighted by Crippen LogP contribution is 2.27. The van der Waals surface area contributed by atoms with Crippen LogP contribution in [0.15, 0.2) is 88.8 Å². The predicted molar refractivity (Wildman–Crippen MR) is 117 cm³/mol. The molecular formula is C24H18F3N3O4. The van der Waals surface area contributed by atoms with Gasteiger partial charge in [0.15, 0.2) is 0 Å². The van der Waals surface area contributed by atoms with Gasteiger partial charge in [-0.1, -0.05) is 29.9 Å². The molecule has 34 heavy (non-hydrogen) atoms. The minimum Gasteiger partial charge on any atom is -0.490 e. The molecule has 0 N–H and O–H groups in total. The predicted octanol–water partition coefficient (Wildman–Crippen LogP) is 5.08. The molecule has 0 saturated heterocycles. The standard InChI is InChI=1S/C24H18F3N3O4/c1-2-12-32-20-5-3-4-16(13-20)14-30-15-18(8-11-21(30)31)23-28-22(29-34-23)17-6-9-19(10-7-17)33-24(25,26)27/h2-11,13,15H,1,12,14H2. The van der Waals surface area contributed by atoms with Crippen molar-refractivity contribution in [3.05, 3.63) is 95.4 Å². The fourth-order valence-corrected chi connectivity index (χ4v) is 3.13. The van der Waals surface area contributed by atoms with Gasteiger partial charge in [0.25, 0.3) is 11.4 Å². The number of ether oxygens (including phenoxy) is 2. The first kappa shape index (κ1) is 22.8. The maximum atomic E-state index is 12.4. The van der Waals surface area contributed by atoms with E-state index in [0.29, 0.717) is 30.0 Å². The third-order valence-corrected chi connectivity index (χ3v) is 4.62. The first-order chi connectivity index (χ1) is 16.3. The van der Waals surface area contributed by atoms with Gasteiger partial charge >= 0.3 is 6.36 Å². The molecule has 0 atom stereocenters. The molecule has 0 aliphatic carbocycles. The molecular weight excluding hydrogens is 451 g/mol. The number of hydrogen-bond donors (Lipinski definition) is 0. The van der Waals surface area contributed by atoms with Crippen molar-refractivity contribution in [1.82, 2.24) is 14.7 Å². The molecule has 0 aliphatic rings. The number of alkyl halides is 3. The molecule has 7 nitrogen and oxygen atoms in total. The summed E-state index contributed by atoms with van der Waals surface area (Å²) >= 11 is 0. The Morgan fingerprint density at radius 2 is 1.79 bits per heavy atom. The molecule has 4 aromatic rings. The lowest BCUT2D eigenvalue weighted by Gasteiger charge is -2.09. The molecule has 0 spiro atoms. The van der Waals surface area contributed by atoms with E-state index in [4.69, 9.17) is 9.26 Å². The second kappa shape index (κ2) is 9.65. The summed E-state index contributed by atoms with van der Waals surface area (Å²) in [5.41, 5.74) is 1.58. The molecule has 4 rings (SSSR count). The zero-order chi connectivity index (χ0) is 24.1. The van der Waals surface area contributed by atoms with E-state index in [1.807, 2.05) is 24.3 Å². The van der Waals surface area contributed by atoms with Crippen LogP contribution in [0.25, 0.3) is 22.8 Å². The highest BCUT2D eigenvalue weighted by Gasteiger charge is 2.31. The Morgan fingerprint density at radius 3 is 2.53 bits per heavy atom. The van der Waals surface area contributed by atoms with Crippen LogP contribution in [0.1, 0.15) is 5.56 Å². The van der Waals surface area contributed by atoms with Crippen LogP contribution >= 0.6 is 0 Å². The highest BCUT2D eigenvalue weighted by atomic mass is 19.4. The van der Waals surface area contributed by atoms with Crippen LogP contribution in [-0.2, 0) is 6.54 Å². The zero-order valence-electron chi connectivity index (χ0n) is 17.7. The fourth-order valence-electron chi connectivity index (χ4n) is 3.13. The summed E-state index contributed by atoms with van der Waals surface area (Å²) in [4.78, 5) is 16.7. The smallest absolute Gasteiger partial charge is 0.490 e. The molecule has 174 valence electrons. The summed E-state index contributed by atoms with van der Waals surface area (Å²) < 4.78 is 53.2. The summed E-state index contributed by atoms with van der Waals surface area (Å²) in [6.45, 7) is 4.28. The van der Waals surface area contributed by atoms with Gasteiger partial charge in [0.2, 0.25) is 5.82 Å². The lowest BCUT2D eigenvalue weighted by molar-refractivity contribution is -0.274. The van der Waals surface area contributed by atoms with E-state index < -0.39 is 6.36 Å². The fraction of sp³-hybridized carbons (Fsp3) is 0.125. The van der Waals surface area contributed by atoms with Gasteiger partial charge in [-0.2, -0.15) is 4.98 Å². The average molecular weight is 469 g/mol. The molecule has 0 bridgehead atoms. The van der Waals surface area contributed by atoms with Gasteiger partial charge in [-0.15, -0.1) is 13.2 Å². The molecule has 0 unspecified atom stereocenters. The van der Waals surface area contributed by atoms with E-state index >= 15 is 0 Å². The number of benzene rings is 2. The van der Waals surface area contributed by atoms with E-state index in [1.165, 1.54) is 22.8 Å². The number of rotatable bonds is 8. The molecule has 0 radical (unpaired) electrons. The van der Waals surface area contributed by atoms with Gasteiger partial charge in [0, 0.05) is 17.8 Å². The van der Waals surface area contributed by atoms with Gasteiger partial charge in [-0.05, 0) is 48.0 Å². The lowest BCUT2D eigenvalue weighted by Crippen LogP contribution is -2.19. The van der Waals surface area contributed by atoms with Crippen molar-refractivity contribution in [3.8, 4) is 34.3 Å². The van der Waals surface area contributed by atoms with Crippen LogP contribution in [0, 0.1) is 0 Å². The van der Waals surface area contributed by atoms with Crippen molar-refractivity contribution in [1.29, 1.82) is 0 Å². The van der Waals surface area contributed by atoms with Crippen LogP contribution in [0.4, 0.5) is 13.2 Å². The number of nitrogens with zero attached hydrogens (tertiary/aromatic N) is 3. The first-order valence-electron chi connectivity index (χ1n) is 10.0. The van der Waals surface area contributed by atoms with E-state index in [9.17, 15) is 18.0 Å². The van der Waals surface area contributed by atoms with Crippen molar-refractivity contribution >= 4 is 0 Å². The Hall–Kier alpha value is -4.34. The number of halogens is 3. The summed E-state index contributed by atoms with van der Waals surface area (Å²) in [6, 6.07) is 15.4. The van der Waals surface area contributed by atoms with Gasteiger partial charge in [0.1, 0.15) is 18.1 Å². The Kier molecular flexibility index (Phi) is 6.48. The molecule has 10 heteroatoms. The summed E-state index contributed by atoms with van der Waals surface area (Å²) in [7, 11) is 0. The van der Waals surface area contributed by atoms with Gasteiger partial charge in [-0.3, -0.25) is 4.79 Å². The molecule has 2 heterocycles. The van der Waals surface area contributed by atoms with Crippen LogP contribution in [0.2, 0.25) is 0 Å². The van der Waals surface area contributed by atoms with Crippen molar-refractivity contribution in [3.63, 3.8) is 0 Å². The Bertz CT molecular complexity index is 1340. The third-order valence-electron chi connectivity index (χ3n) is 4.62. The monoisotopic (exact) mass is 469 g/mol. The summed E-state index contributed by atoms with van der Waals surface area (Å²) in [6.07, 6.45) is -1.54. The normalized spacial score (nSPS) is 11.3. The first-order valence-corrected chi connectivity index (χ1v) is 10.0. The number of hydrogen-bond acceptors (Lipinski definition) is 6. The number of pyridine rings is 1. The minimum atomic E-state index is -4.77. The van der Waals surface area contributed by atoms with Crippen LogP contribution in [0.3, 0.4) is 0 Å². The molecule has 0 amide bonds. The maximum absolute atomic E-state index is 12.4. The topological polar surface area (TPSA) is 79.4 Å². The summed E-state index contributed by atoms with van der Waals surface area (Å²) in [5, 5.41) is 3.88. The lowest BCUT2D eigenvalue weighted by atomic mass is 10.2. The van der Waals surface area contributed by atoms with Gasteiger partial charge < -0.3 is 18.6 Å². The van der Waals surface area contributed by atoms with Crippen molar-refractivity contribution < 1.29 is 27.2 Å². The second-order valence-electron chi connectivity index (χ2n) is 7.13. The Labute approximate surface area is 191 Å². The largest absolute Gasteiger partial charge is 0.573 e. The van der Waals surface area contributed by atoms with E-state index in [2.05, 4.69) is 21.5 Å². The second-order valence-corrected chi connectivity index (χ2v) is 7.13. The van der Waals surface area contributed by atoms with Crippen molar-refractivity contribution in [2.75, 3.05) is 6.61 Å². The summed E-state index contributed by atoms with van der Waals surface area (Å²) in [5.74, 6) is 0.640. The van der Waals surface area contributed by atoms with E-state index in [1.54, 1.807) is 18.3 Å². The average Bonchev–Trinajstić information content (AvgIpc) is 3.29. The van der Waals surface area contributed by atoms with E-state index in [-0.39, 0.29) is 23.0 Å². The van der Waals surface area contributed by atoms with E-state index in [0.717, 1.165) is 17.7 Å². The minimum absolute atomic E-state index is 0.155. The molecule has 0 fully saturated rings. The third kappa shape index (κ3) is 5.71. The van der Waals surface area contributed by atoms with Gasteiger partial charge in [0.05, 0.1) is 12.1 Å².